The third-order valence-electron chi connectivity index (χ3n) is 3.26. The number of carbonyl (C=O) groups excluding carboxylic acids is 1. The van der Waals surface area contributed by atoms with E-state index in [4.69, 9.17) is 16.3 Å². The SMILES string of the molecule is CC(C)(C)OC(=O)N1CCC[C@@H]1CSc1ccc(Cl)cc1. The largest absolute Gasteiger partial charge is 0.444 e. The number of benzene rings is 1. The molecule has 1 aliphatic rings. The lowest BCUT2D eigenvalue weighted by atomic mass is 10.2. The summed E-state index contributed by atoms with van der Waals surface area (Å²) < 4.78 is 5.48. The number of amides is 1. The van der Waals surface area contributed by atoms with E-state index in [2.05, 4.69) is 0 Å². The van der Waals surface area contributed by atoms with Gasteiger partial charge in [0.2, 0.25) is 0 Å². The zero-order valence-corrected chi connectivity index (χ0v) is 14.3. The van der Waals surface area contributed by atoms with Gasteiger partial charge in [-0.3, -0.25) is 0 Å². The smallest absolute Gasteiger partial charge is 0.410 e. The second-order valence-corrected chi connectivity index (χ2v) is 7.76. The highest BCUT2D eigenvalue weighted by atomic mass is 35.5. The molecular formula is C16H22ClNO2S. The fraction of sp³-hybridized carbons (Fsp3) is 0.562. The van der Waals surface area contributed by atoms with Crippen LogP contribution in [0.1, 0.15) is 33.6 Å². The highest BCUT2D eigenvalue weighted by Crippen LogP contribution is 2.27. The van der Waals surface area contributed by atoms with Crippen LogP contribution in [0.15, 0.2) is 29.2 Å². The van der Waals surface area contributed by atoms with Crippen LogP contribution in [0.25, 0.3) is 0 Å². The number of hydrogen-bond acceptors (Lipinski definition) is 3. The van der Waals surface area contributed by atoms with Gasteiger partial charge in [-0.1, -0.05) is 11.6 Å². The lowest BCUT2D eigenvalue weighted by Gasteiger charge is -2.28. The minimum absolute atomic E-state index is 0.193. The summed E-state index contributed by atoms with van der Waals surface area (Å²) in [7, 11) is 0. The van der Waals surface area contributed by atoms with Gasteiger partial charge in [0, 0.05) is 28.3 Å². The maximum atomic E-state index is 12.2. The predicted octanol–water partition coefficient (Wildman–Crippen LogP) is 4.83. The molecule has 1 atom stereocenters. The van der Waals surface area contributed by atoms with Crippen LogP contribution >= 0.6 is 23.4 Å². The van der Waals surface area contributed by atoms with Crippen LogP contribution in [0.2, 0.25) is 5.02 Å². The predicted molar refractivity (Wildman–Crippen MR) is 88.1 cm³/mol. The number of carbonyl (C=O) groups is 1. The Hall–Kier alpha value is -0.870. The molecule has 116 valence electrons. The summed E-state index contributed by atoms with van der Waals surface area (Å²) in [5.74, 6) is 0.890. The number of thioether (sulfide) groups is 1. The molecule has 5 heteroatoms. The van der Waals surface area contributed by atoms with Crippen molar-refractivity contribution >= 4 is 29.5 Å². The second-order valence-electron chi connectivity index (χ2n) is 6.23. The highest BCUT2D eigenvalue weighted by molar-refractivity contribution is 7.99. The molecule has 0 saturated carbocycles. The standard InChI is InChI=1S/C16H22ClNO2S/c1-16(2,3)20-15(19)18-10-4-5-13(18)11-21-14-8-6-12(17)7-9-14/h6-9,13H,4-5,10-11H2,1-3H3/t13-/m1/s1. The summed E-state index contributed by atoms with van der Waals surface area (Å²) in [6.07, 6.45) is 1.90. The highest BCUT2D eigenvalue weighted by Gasteiger charge is 2.31. The molecule has 0 aromatic heterocycles. The molecule has 1 amide bonds. The first-order valence-corrected chi connectivity index (χ1v) is 8.59. The molecule has 0 spiro atoms. The minimum atomic E-state index is -0.437. The van der Waals surface area contributed by atoms with Gasteiger partial charge in [-0.15, -0.1) is 11.8 Å². The van der Waals surface area contributed by atoms with Crippen molar-refractivity contribution in [2.45, 2.75) is 50.2 Å². The molecule has 1 saturated heterocycles. The molecular weight excluding hydrogens is 306 g/mol. The van der Waals surface area contributed by atoms with Crippen LogP contribution in [-0.2, 0) is 4.74 Å². The zero-order valence-electron chi connectivity index (χ0n) is 12.8. The average molecular weight is 328 g/mol. The Labute approximate surface area is 136 Å². The Morgan fingerprint density at radius 2 is 2.05 bits per heavy atom. The van der Waals surface area contributed by atoms with Gasteiger partial charge in [-0.05, 0) is 57.9 Å². The maximum Gasteiger partial charge on any atom is 0.410 e. The van der Waals surface area contributed by atoms with Crippen molar-refractivity contribution in [3.63, 3.8) is 0 Å². The second kappa shape index (κ2) is 6.93. The normalized spacial score (nSPS) is 18.9. The van der Waals surface area contributed by atoms with E-state index in [0.29, 0.717) is 0 Å². The van der Waals surface area contributed by atoms with Crippen LogP contribution in [0.5, 0.6) is 0 Å². The molecule has 1 heterocycles. The van der Waals surface area contributed by atoms with Crippen molar-refractivity contribution in [3.8, 4) is 0 Å². The van der Waals surface area contributed by atoms with Crippen LogP contribution in [-0.4, -0.2) is 34.9 Å². The van der Waals surface area contributed by atoms with Crippen molar-refractivity contribution in [2.75, 3.05) is 12.3 Å². The summed E-state index contributed by atoms with van der Waals surface area (Å²) >= 11 is 7.64. The molecule has 1 aliphatic heterocycles. The summed E-state index contributed by atoms with van der Waals surface area (Å²) in [5.41, 5.74) is -0.437. The lowest BCUT2D eigenvalue weighted by Crippen LogP contribution is -2.40. The number of hydrogen-bond donors (Lipinski definition) is 0. The number of nitrogens with zero attached hydrogens (tertiary/aromatic N) is 1. The van der Waals surface area contributed by atoms with E-state index in [1.54, 1.807) is 11.8 Å². The Morgan fingerprint density at radius 3 is 2.67 bits per heavy atom. The first kappa shape index (κ1) is 16.5. The van der Waals surface area contributed by atoms with E-state index < -0.39 is 5.60 Å². The third-order valence-corrected chi connectivity index (χ3v) is 4.67. The molecule has 3 nitrogen and oxygen atoms in total. The first-order valence-electron chi connectivity index (χ1n) is 7.23. The van der Waals surface area contributed by atoms with Gasteiger partial charge in [-0.25, -0.2) is 4.79 Å². The Morgan fingerprint density at radius 1 is 1.38 bits per heavy atom. The van der Waals surface area contributed by atoms with Crippen LogP contribution in [0.4, 0.5) is 4.79 Å². The van der Waals surface area contributed by atoms with Gasteiger partial charge in [0.1, 0.15) is 5.60 Å². The summed E-state index contributed by atoms with van der Waals surface area (Å²) in [6, 6.07) is 8.06. The minimum Gasteiger partial charge on any atom is -0.444 e. The van der Waals surface area contributed by atoms with E-state index >= 15 is 0 Å². The molecule has 0 aliphatic carbocycles. The topological polar surface area (TPSA) is 29.5 Å². The molecule has 1 aromatic rings. The van der Waals surface area contributed by atoms with E-state index in [0.717, 1.165) is 30.2 Å². The van der Waals surface area contributed by atoms with Crippen LogP contribution in [0.3, 0.4) is 0 Å². The van der Waals surface area contributed by atoms with E-state index in [1.165, 1.54) is 4.90 Å². The number of halogens is 1. The van der Waals surface area contributed by atoms with Gasteiger partial charge in [-0.2, -0.15) is 0 Å². The van der Waals surface area contributed by atoms with Crippen LogP contribution < -0.4 is 0 Å². The first-order chi connectivity index (χ1) is 9.85. The molecule has 21 heavy (non-hydrogen) atoms. The number of rotatable bonds is 3. The Bertz CT molecular complexity index is 484. The van der Waals surface area contributed by atoms with Crippen molar-refractivity contribution in [1.29, 1.82) is 0 Å². The van der Waals surface area contributed by atoms with Gasteiger partial charge >= 0.3 is 6.09 Å². The molecule has 2 rings (SSSR count). The lowest BCUT2D eigenvalue weighted by molar-refractivity contribution is 0.0242. The van der Waals surface area contributed by atoms with Gasteiger partial charge in [0.05, 0.1) is 0 Å². The zero-order chi connectivity index (χ0) is 15.5. The summed E-state index contributed by atoms with van der Waals surface area (Å²) in [6.45, 7) is 6.50. The van der Waals surface area contributed by atoms with Crippen molar-refractivity contribution in [3.05, 3.63) is 29.3 Å². The third kappa shape index (κ3) is 5.11. The molecule has 0 radical (unpaired) electrons. The Balaban J connectivity index is 1.90. The van der Waals surface area contributed by atoms with Crippen molar-refractivity contribution < 1.29 is 9.53 Å². The fourth-order valence-corrected chi connectivity index (χ4v) is 3.48. The monoisotopic (exact) mass is 327 g/mol. The maximum absolute atomic E-state index is 12.2. The van der Waals surface area contributed by atoms with Gasteiger partial charge < -0.3 is 9.64 Å². The van der Waals surface area contributed by atoms with Crippen LogP contribution in [0, 0.1) is 0 Å². The molecule has 0 unspecified atom stereocenters. The van der Waals surface area contributed by atoms with Gasteiger partial charge in [0.25, 0.3) is 0 Å². The van der Waals surface area contributed by atoms with E-state index in [9.17, 15) is 4.79 Å². The number of likely N-dealkylation sites (tertiary alicyclic amines) is 1. The van der Waals surface area contributed by atoms with Crippen molar-refractivity contribution in [2.24, 2.45) is 0 Å². The van der Waals surface area contributed by atoms with Gasteiger partial charge in [0.15, 0.2) is 0 Å². The average Bonchev–Trinajstić information content (AvgIpc) is 2.84. The fourth-order valence-electron chi connectivity index (χ4n) is 2.29. The summed E-state index contributed by atoms with van der Waals surface area (Å²) in [4.78, 5) is 15.2. The van der Waals surface area contributed by atoms with E-state index in [-0.39, 0.29) is 12.1 Å². The summed E-state index contributed by atoms with van der Waals surface area (Å²) in [5, 5.41) is 0.746. The molecule has 1 aromatic carbocycles. The van der Waals surface area contributed by atoms with E-state index in [1.807, 2.05) is 49.9 Å². The quantitative estimate of drug-likeness (QED) is 0.744. The molecule has 0 N–H and O–H groups in total. The molecule has 1 fully saturated rings. The number of ether oxygens (including phenoxy) is 1. The van der Waals surface area contributed by atoms with Crippen molar-refractivity contribution in [1.82, 2.24) is 4.90 Å². The Kier molecular flexibility index (Phi) is 5.44. The molecule has 0 bridgehead atoms.